The number of halogens is 2. The molecule has 0 saturated carbocycles. The van der Waals surface area contributed by atoms with Crippen LogP contribution in [-0.2, 0) is 0 Å². The molecule has 3 heterocycles. The molecule has 2 aromatic heterocycles. The molecule has 1 amide bonds. The molecule has 0 radical (unpaired) electrons. The van der Waals surface area contributed by atoms with Gasteiger partial charge in [-0.2, -0.15) is 4.98 Å². The van der Waals surface area contributed by atoms with Crippen molar-refractivity contribution in [3.05, 3.63) is 77.6 Å². The van der Waals surface area contributed by atoms with E-state index in [0.717, 1.165) is 18.5 Å². The Bertz CT molecular complexity index is 1380. The van der Waals surface area contributed by atoms with E-state index >= 15 is 4.39 Å². The number of amides is 1. The van der Waals surface area contributed by atoms with Crippen LogP contribution in [0.25, 0.3) is 16.7 Å². The summed E-state index contributed by atoms with van der Waals surface area (Å²) in [6.07, 6.45) is 3.45. The van der Waals surface area contributed by atoms with Crippen LogP contribution in [0, 0.1) is 18.6 Å². The normalized spacial score (nSPS) is 14.5. The number of carbonyl (C=O) groups excluding carboxylic acids is 1. The van der Waals surface area contributed by atoms with Crippen molar-refractivity contribution in [3.8, 4) is 5.69 Å². The molecule has 0 atom stereocenters. The Kier molecular flexibility index (Phi) is 5.70. The lowest BCUT2D eigenvalue weighted by atomic mass is 10.1. The summed E-state index contributed by atoms with van der Waals surface area (Å²) in [5.74, 6) is -0.816. The lowest BCUT2D eigenvalue weighted by Gasteiger charge is -2.32. The molecule has 2 aromatic carbocycles. The molecule has 1 N–H and O–H groups in total. The zero-order valence-electron chi connectivity index (χ0n) is 18.9. The topological polar surface area (TPSA) is 66.3 Å². The fourth-order valence-electron chi connectivity index (χ4n) is 4.05. The van der Waals surface area contributed by atoms with E-state index in [0.29, 0.717) is 41.6 Å². The largest absolute Gasteiger partial charge is 0.336 e. The molecule has 34 heavy (non-hydrogen) atoms. The van der Waals surface area contributed by atoms with Crippen LogP contribution in [0.3, 0.4) is 0 Å². The van der Waals surface area contributed by atoms with Crippen molar-refractivity contribution in [2.45, 2.75) is 6.92 Å². The molecule has 0 aliphatic carbocycles. The fraction of sp³-hybridized carbons (Fsp3) is 0.240. The number of benzene rings is 2. The van der Waals surface area contributed by atoms with Gasteiger partial charge >= 0.3 is 0 Å². The van der Waals surface area contributed by atoms with Crippen LogP contribution in [0.4, 0.5) is 20.4 Å². The quantitative estimate of drug-likeness (QED) is 0.494. The predicted octanol–water partition coefficient (Wildman–Crippen LogP) is 4.14. The summed E-state index contributed by atoms with van der Waals surface area (Å²) < 4.78 is 30.3. The number of fused-ring (bicyclic) bond motifs is 1. The van der Waals surface area contributed by atoms with Crippen LogP contribution in [0.2, 0.25) is 0 Å². The molecule has 174 valence electrons. The summed E-state index contributed by atoms with van der Waals surface area (Å²) in [5, 5.41) is 3.85. The van der Waals surface area contributed by atoms with E-state index in [1.54, 1.807) is 47.0 Å². The van der Waals surface area contributed by atoms with Gasteiger partial charge in [-0.15, -0.1) is 0 Å². The van der Waals surface area contributed by atoms with E-state index in [1.807, 2.05) is 13.1 Å². The lowest BCUT2D eigenvalue weighted by Crippen LogP contribution is -2.47. The van der Waals surface area contributed by atoms with Crippen molar-refractivity contribution in [2.75, 3.05) is 38.5 Å². The molecule has 9 heteroatoms. The predicted molar refractivity (Wildman–Crippen MR) is 127 cm³/mol. The van der Waals surface area contributed by atoms with Gasteiger partial charge in [0, 0.05) is 55.3 Å². The van der Waals surface area contributed by atoms with Crippen molar-refractivity contribution in [1.29, 1.82) is 0 Å². The fourth-order valence-corrected chi connectivity index (χ4v) is 4.05. The Morgan fingerprint density at radius 3 is 2.53 bits per heavy atom. The van der Waals surface area contributed by atoms with Gasteiger partial charge in [0.05, 0.1) is 5.56 Å². The minimum absolute atomic E-state index is 0.0634. The number of aromatic nitrogens is 3. The monoisotopic (exact) mass is 462 g/mol. The molecule has 0 bridgehead atoms. The van der Waals surface area contributed by atoms with Crippen molar-refractivity contribution in [3.63, 3.8) is 0 Å². The van der Waals surface area contributed by atoms with E-state index in [-0.39, 0.29) is 17.3 Å². The number of likely N-dealkylation sites (N-methyl/N-ethyl adjacent to an activating group) is 1. The first-order valence-corrected chi connectivity index (χ1v) is 11.0. The van der Waals surface area contributed by atoms with Gasteiger partial charge in [-0.05, 0) is 62.0 Å². The second-order valence-electron chi connectivity index (χ2n) is 8.51. The second-order valence-corrected chi connectivity index (χ2v) is 8.51. The zero-order chi connectivity index (χ0) is 23.8. The maximum atomic E-state index is 15.0. The molecule has 1 aliphatic rings. The summed E-state index contributed by atoms with van der Waals surface area (Å²) in [4.78, 5) is 25.5. The van der Waals surface area contributed by atoms with Crippen molar-refractivity contribution in [2.24, 2.45) is 0 Å². The smallest absolute Gasteiger partial charge is 0.256 e. The molecule has 1 saturated heterocycles. The number of carbonyl (C=O) groups is 1. The van der Waals surface area contributed by atoms with E-state index < -0.39 is 5.82 Å². The zero-order valence-corrected chi connectivity index (χ0v) is 18.9. The highest BCUT2D eigenvalue weighted by Crippen LogP contribution is 2.24. The molecule has 0 unspecified atom stereocenters. The summed E-state index contributed by atoms with van der Waals surface area (Å²) in [6, 6.07) is 11.1. The highest BCUT2D eigenvalue weighted by molar-refractivity contribution is 5.95. The minimum Gasteiger partial charge on any atom is -0.336 e. The SMILES string of the molecule is Cc1cc(Nc2ncc3ccn(-c4ccc(C(=O)N5CCN(C)CC5)c(F)c4)c3n2)ccc1F. The molecular formula is C25H24F2N6O. The van der Waals surface area contributed by atoms with Crippen molar-refractivity contribution in [1.82, 2.24) is 24.3 Å². The van der Waals surface area contributed by atoms with Gasteiger partial charge in [0.2, 0.25) is 5.95 Å². The van der Waals surface area contributed by atoms with Gasteiger partial charge in [0.15, 0.2) is 0 Å². The first-order valence-electron chi connectivity index (χ1n) is 11.0. The first kappa shape index (κ1) is 22.0. The Balaban J connectivity index is 1.42. The minimum atomic E-state index is -0.572. The second kappa shape index (κ2) is 8.83. The van der Waals surface area contributed by atoms with E-state index in [1.165, 1.54) is 18.2 Å². The summed E-state index contributed by atoms with van der Waals surface area (Å²) in [7, 11) is 2.00. The lowest BCUT2D eigenvalue weighted by molar-refractivity contribution is 0.0659. The standard InChI is InChI=1S/C25H24F2N6O/c1-16-13-18(3-6-21(16)26)29-25-28-15-17-7-8-33(23(17)30-25)19-4-5-20(22(27)14-19)24(34)32-11-9-31(2)10-12-32/h3-8,13-15H,9-12H2,1-2H3,(H,28,29,30). The van der Waals surface area contributed by atoms with E-state index in [9.17, 15) is 9.18 Å². The average molecular weight is 463 g/mol. The maximum absolute atomic E-state index is 15.0. The third kappa shape index (κ3) is 4.22. The van der Waals surface area contributed by atoms with Crippen molar-refractivity contribution >= 4 is 28.6 Å². The van der Waals surface area contributed by atoms with E-state index in [2.05, 4.69) is 20.2 Å². The number of hydrogen-bond donors (Lipinski definition) is 1. The highest BCUT2D eigenvalue weighted by Gasteiger charge is 2.23. The van der Waals surface area contributed by atoms with Gasteiger partial charge < -0.3 is 19.7 Å². The summed E-state index contributed by atoms with van der Waals surface area (Å²) in [6.45, 7) is 4.39. The molecule has 4 aromatic rings. The molecule has 0 spiro atoms. The third-order valence-electron chi connectivity index (χ3n) is 6.09. The number of piperazine rings is 1. The molecular weight excluding hydrogens is 438 g/mol. The number of nitrogens with one attached hydrogen (secondary N) is 1. The Morgan fingerprint density at radius 2 is 1.79 bits per heavy atom. The Hall–Kier alpha value is -3.85. The number of anilines is 2. The first-order chi connectivity index (χ1) is 16.4. The highest BCUT2D eigenvalue weighted by atomic mass is 19.1. The maximum Gasteiger partial charge on any atom is 0.256 e. The van der Waals surface area contributed by atoms with Gasteiger partial charge in [-0.1, -0.05) is 0 Å². The van der Waals surface area contributed by atoms with Crippen LogP contribution >= 0.6 is 0 Å². The molecule has 7 nitrogen and oxygen atoms in total. The van der Waals surface area contributed by atoms with Crippen LogP contribution in [0.1, 0.15) is 15.9 Å². The average Bonchev–Trinajstić information content (AvgIpc) is 3.25. The summed E-state index contributed by atoms with van der Waals surface area (Å²) >= 11 is 0. The van der Waals surface area contributed by atoms with E-state index in [4.69, 9.17) is 0 Å². The van der Waals surface area contributed by atoms with Crippen LogP contribution in [0.5, 0.6) is 0 Å². The number of hydrogen-bond acceptors (Lipinski definition) is 5. The third-order valence-corrected chi connectivity index (χ3v) is 6.09. The van der Waals surface area contributed by atoms with Crippen molar-refractivity contribution < 1.29 is 13.6 Å². The molecule has 1 fully saturated rings. The number of aryl methyl sites for hydroxylation is 1. The number of rotatable bonds is 4. The molecule has 1 aliphatic heterocycles. The summed E-state index contributed by atoms with van der Waals surface area (Å²) in [5.41, 5.74) is 2.36. The number of nitrogens with zero attached hydrogens (tertiary/aromatic N) is 5. The van der Waals surface area contributed by atoms with Gasteiger partial charge in [-0.25, -0.2) is 13.8 Å². The van der Waals surface area contributed by atoms with Gasteiger partial charge in [0.1, 0.15) is 17.3 Å². The van der Waals surface area contributed by atoms with Crippen LogP contribution < -0.4 is 5.32 Å². The Labute approximate surface area is 195 Å². The van der Waals surface area contributed by atoms with Gasteiger partial charge in [0.25, 0.3) is 5.91 Å². The van der Waals surface area contributed by atoms with Crippen LogP contribution in [-0.4, -0.2) is 63.5 Å². The molecule has 5 rings (SSSR count). The van der Waals surface area contributed by atoms with Crippen LogP contribution in [0.15, 0.2) is 54.9 Å². The van der Waals surface area contributed by atoms with Gasteiger partial charge in [-0.3, -0.25) is 4.79 Å². The Morgan fingerprint density at radius 1 is 1.00 bits per heavy atom.